The van der Waals surface area contributed by atoms with Gasteiger partial charge in [-0.25, -0.2) is 4.79 Å². The van der Waals surface area contributed by atoms with Crippen LogP contribution in [-0.4, -0.2) is 42.9 Å². The van der Waals surface area contributed by atoms with E-state index in [2.05, 4.69) is 10.1 Å². The third-order valence-corrected chi connectivity index (χ3v) is 4.65. The summed E-state index contributed by atoms with van der Waals surface area (Å²) in [4.78, 5) is 38.6. The van der Waals surface area contributed by atoms with Crippen molar-refractivity contribution < 1.29 is 32.6 Å². The van der Waals surface area contributed by atoms with Gasteiger partial charge < -0.3 is 14.8 Å². The lowest BCUT2D eigenvalue weighted by molar-refractivity contribution is -0.130. The molecule has 1 unspecified atom stereocenters. The molecule has 0 saturated carbocycles. The third-order valence-electron chi connectivity index (χ3n) is 4.65. The monoisotopic (exact) mass is 404 g/mol. The molecular formula is C20H18F2N2O5. The van der Waals surface area contributed by atoms with Gasteiger partial charge in [-0.1, -0.05) is 12.1 Å². The Bertz CT molecular complexity index is 931. The van der Waals surface area contributed by atoms with Gasteiger partial charge in [0.25, 0.3) is 5.91 Å². The highest BCUT2D eigenvalue weighted by atomic mass is 19.3. The first kappa shape index (κ1) is 20.2. The second-order valence-corrected chi connectivity index (χ2v) is 6.50. The van der Waals surface area contributed by atoms with Gasteiger partial charge in [0.05, 0.1) is 13.7 Å². The van der Waals surface area contributed by atoms with E-state index in [9.17, 15) is 23.2 Å². The van der Waals surface area contributed by atoms with Crippen molar-refractivity contribution in [2.45, 2.75) is 19.1 Å². The molecule has 152 valence electrons. The molecule has 29 heavy (non-hydrogen) atoms. The number of rotatable bonds is 7. The molecule has 3 amide bonds. The van der Waals surface area contributed by atoms with Gasteiger partial charge in [0.1, 0.15) is 17.0 Å². The molecule has 2 aromatic rings. The van der Waals surface area contributed by atoms with Gasteiger partial charge in [-0.2, -0.15) is 8.78 Å². The van der Waals surface area contributed by atoms with E-state index >= 15 is 0 Å². The molecule has 9 heteroatoms. The molecule has 0 aromatic heterocycles. The molecule has 1 fully saturated rings. The average molecular weight is 404 g/mol. The summed E-state index contributed by atoms with van der Waals surface area (Å²) in [6.07, 6.45) is 0. The number of carbonyl (C=O) groups is 3. The molecule has 0 spiro atoms. The Morgan fingerprint density at radius 1 is 1.07 bits per heavy atom. The summed E-state index contributed by atoms with van der Waals surface area (Å²) < 4.78 is 33.9. The summed E-state index contributed by atoms with van der Waals surface area (Å²) in [5.74, 6) is -0.535. The fraction of sp³-hybridized carbons (Fsp3) is 0.250. The topological polar surface area (TPSA) is 84.9 Å². The number of methoxy groups -OCH3 is 1. The van der Waals surface area contributed by atoms with E-state index in [0.29, 0.717) is 16.9 Å². The second-order valence-electron chi connectivity index (χ2n) is 6.50. The molecule has 0 radical (unpaired) electrons. The SMILES string of the molecule is COc1ccc(C(=O)CN2C(=O)NC(C)(c3ccc(OC(F)F)cc3)C2=O)cc1. The first-order chi connectivity index (χ1) is 13.7. The Hall–Kier alpha value is -3.49. The van der Waals surface area contributed by atoms with Crippen molar-refractivity contribution in [3.05, 3.63) is 59.7 Å². The smallest absolute Gasteiger partial charge is 0.387 e. The lowest BCUT2D eigenvalue weighted by Crippen LogP contribution is -2.41. The Morgan fingerprint density at radius 3 is 2.21 bits per heavy atom. The third kappa shape index (κ3) is 4.03. The van der Waals surface area contributed by atoms with Crippen LogP contribution in [-0.2, 0) is 10.3 Å². The first-order valence-corrected chi connectivity index (χ1v) is 8.61. The van der Waals surface area contributed by atoms with E-state index in [1.807, 2.05) is 0 Å². The number of halogens is 2. The first-order valence-electron chi connectivity index (χ1n) is 8.61. The zero-order valence-corrected chi connectivity index (χ0v) is 15.6. The Morgan fingerprint density at radius 2 is 1.66 bits per heavy atom. The van der Waals surface area contributed by atoms with Gasteiger partial charge in [0.15, 0.2) is 5.78 Å². The predicted octanol–water partition coefficient (Wildman–Crippen LogP) is 2.95. The quantitative estimate of drug-likeness (QED) is 0.567. The molecule has 0 bridgehead atoms. The second kappa shape index (κ2) is 7.86. The Kier molecular flexibility index (Phi) is 5.49. The van der Waals surface area contributed by atoms with Crippen molar-refractivity contribution in [2.24, 2.45) is 0 Å². The standard InChI is InChI=1S/C20H18F2N2O5/c1-20(13-5-9-15(10-6-13)29-18(21)22)17(26)24(19(27)23-20)11-16(25)12-3-7-14(28-2)8-4-12/h3-10,18H,11H2,1-2H3,(H,23,27). The Balaban J connectivity index is 1.76. The van der Waals surface area contributed by atoms with Crippen molar-refractivity contribution in [1.29, 1.82) is 0 Å². The highest BCUT2D eigenvalue weighted by Gasteiger charge is 2.49. The number of Topliss-reactive ketones (excluding diaryl/α,β-unsaturated/α-hetero) is 1. The summed E-state index contributed by atoms with van der Waals surface area (Å²) in [7, 11) is 1.50. The van der Waals surface area contributed by atoms with Crippen LogP contribution in [0.25, 0.3) is 0 Å². The van der Waals surface area contributed by atoms with Crippen LogP contribution in [0, 0.1) is 0 Å². The van der Waals surface area contributed by atoms with Gasteiger partial charge in [-0.05, 0) is 48.9 Å². The van der Waals surface area contributed by atoms with E-state index in [-0.39, 0.29) is 5.75 Å². The van der Waals surface area contributed by atoms with E-state index in [1.54, 1.807) is 24.3 Å². The minimum absolute atomic E-state index is 0.0735. The van der Waals surface area contributed by atoms with Crippen LogP contribution in [0.1, 0.15) is 22.8 Å². The molecule has 1 heterocycles. The molecule has 0 aliphatic carbocycles. The van der Waals surface area contributed by atoms with Crippen LogP contribution in [0.3, 0.4) is 0 Å². The van der Waals surface area contributed by atoms with E-state index in [1.165, 1.54) is 38.3 Å². The molecule has 1 aliphatic rings. The highest BCUT2D eigenvalue weighted by Crippen LogP contribution is 2.30. The predicted molar refractivity (Wildman–Crippen MR) is 98.0 cm³/mol. The van der Waals surface area contributed by atoms with Crippen molar-refractivity contribution in [3.63, 3.8) is 0 Å². The van der Waals surface area contributed by atoms with Gasteiger partial charge >= 0.3 is 12.6 Å². The van der Waals surface area contributed by atoms with Crippen molar-refractivity contribution in [2.75, 3.05) is 13.7 Å². The molecule has 3 rings (SSSR count). The minimum Gasteiger partial charge on any atom is -0.497 e. The molecule has 1 aliphatic heterocycles. The van der Waals surface area contributed by atoms with Crippen molar-refractivity contribution >= 4 is 17.7 Å². The maximum Gasteiger partial charge on any atom is 0.387 e. The Labute approximate surface area is 165 Å². The molecule has 7 nitrogen and oxygen atoms in total. The van der Waals surface area contributed by atoms with Crippen molar-refractivity contribution in [1.82, 2.24) is 10.2 Å². The van der Waals surface area contributed by atoms with Crippen LogP contribution >= 0.6 is 0 Å². The maximum absolute atomic E-state index is 12.9. The summed E-state index contributed by atoms with van der Waals surface area (Å²) in [5.41, 5.74) is -0.731. The normalized spacial score (nSPS) is 18.7. The number of hydrogen-bond donors (Lipinski definition) is 1. The molecule has 1 saturated heterocycles. The zero-order chi connectivity index (χ0) is 21.2. The maximum atomic E-state index is 12.9. The fourth-order valence-corrected chi connectivity index (χ4v) is 3.02. The van der Waals surface area contributed by atoms with Gasteiger partial charge in [0, 0.05) is 5.56 Å². The average Bonchev–Trinajstić information content (AvgIpc) is 2.92. The van der Waals surface area contributed by atoms with Crippen LogP contribution in [0.2, 0.25) is 0 Å². The fourth-order valence-electron chi connectivity index (χ4n) is 3.02. The van der Waals surface area contributed by atoms with Gasteiger partial charge in [-0.15, -0.1) is 0 Å². The van der Waals surface area contributed by atoms with Crippen LogP contribution in [0.5, 0.6) is 11.5 Å². The van der Waals surface area contributed by atoms with Crippen LogP contribution < -0.4 is 14.8 Å². The van der Waals surface area contributed by atoms with E-state index in [0.717, 1.165) is 4.90 Å². The number of nitrogens with one attached hydrogen (secondary N) is 1. The number of ketones is 1. The lowest BCUT2D eigenvalue weighted by atomic mass is 9.92. The molecule has 1 N–H and O–H groups in total. The molecule has 2 aromatic carbocycles. The molecular weight excluding hydrogens is 386 g/mol. The number of amides is 3. The number of ether oxygens (including phenoxy) is 2. The molecule has 1 atom stereocenters. The van der Waals surface area contributed by atoms with Gasteiger partial charge in [-0.3, -0.25) is 14.5 Å². The number of hydrogen-bond acceptors (Lipinski definition) is 5. The summed E-state index contributed by atoms with van der Waals surface area (Å²) in [6, 6.07) is 10.9. The number of benzene rings is 2. The van der Waals surface area contributed by atoms with E-state index in [4.69, 9.17) is 4.74 Å². The summed E-state index contributed by atoms with van der Waals surface area (Å²) >= 11 is 0. The number of urea groups is 1. The van der Waals surface area contributed by atoms with Gasteiger partial charge in [0.2, 0.25) is 0 Å². The largest absolute Gasteiger partial charge is 0.497 e. The minimum atomic E-state index is -2.97. The lowest BCUT2D eigenvalue weighted by Gasteiger charge is -2.22. The van der Waals surface area contributed by atoms with Crippen molar-refractivity contribution in [3.8, 4) is 11.5 Å². The number of nitrogens with zero attached hydrogens (tertiary/aromatic N) is 1. The van der Waals surface area contributed by atoms with Crippen LogP contribution in [0.4, 0.5) is 13.6 Å². The summed E-state index contributed by atoms with van der Waals surface area (Å²) in [6.45, 7) is -1.92. The zero-order valence-electron chi connectivity index (χ0n) is 15.6. The van der Waals surface area contributed by atoms with E-state index < -0.39 is 36.4 Å². The highest BCUT2D eigenvalue weighted by molar-refractivity contribution is 6.11. The summed E-state index contributed by atoms with van der Waals surface area (Å²) in [5, 5.41) is 2.56. The number of imide groups is 1. The van der Waals surface area contributed by atoms with Crippen LogP contribution in [0.15, 0.2) is 48.5 Å². The number of alkyl halides is 2. The number of carbonyl (C=O) groups excluding carboxylic acids is 3.